The van der Waals surface area contributed by atoms with Crippen molar-refractivity contribution in [2.24, 2.45) is 0 Å². The van der Waals surface area contributed by atoms with Crippen molar-refractivity contribution in [3.05, 3.63) is 29.5 Å². The van der Waals surface area contributed by atoms with Gasteiger partial charge in [0.2, 0.25) is 0 Å². The minimum absolute atomic E-state index is 0.130. The molecule has 0 unspecified atom stereocenters. The van der Waals surface area contributed by atoms with Crippen LogP contribution in [0.5, 0.6) is 5.75 Å². The minimum Gasteiger partial charge on any atom is -0.406 e. The molecule has 0 spiro atoms. The van der Waals surface area contributed by atoms with Crippen LogP contribution in [-0.2, 0) is 0 Å². The Hall–Kier alpha value is -1.98. The van der Waals surface area contributed by atoms with Crippen LogP contribution in [0.3, 0.4) is 0 Å². The molecule has 3 nitrogen and oxygen atoms in total. The normalized spacial score (nSPS) is 11.8. The molecule has 1 N–H and O–H groups in total. The zero-order chi connectivity index (χ0) is 14.2. The van der Waals surface area contributed by atoms with E-state index in [1.54, 1.807) is 13.8 Å². The maximum absolute atomic E-state index is 12.2. The Balaban J connectivity index is 2.56. The van der Waals surface area contributed by atoms with E-state index in [9.17, 15) is 18.0 Å². The standard InChI is InChI=1S/C13H12F3NO2/c1-3-11(18)10-6-17-12-7(2)4-8(5-9(10)12)19-13(14,15)16/h4-6,17H,3H2,1-2H3. The number of H-pyrrole nitrogens is 1. The predicted molar refractivity (Wildman–Crippen MR) is 64.3 cm³/mol. The lowest BCUT2D eigenvalue weighted by Crippen LogP contribution is -2.17. The topological polar surface area (TPSA) is 42.1 Å². The third kappa shape index (κ3) is 2.72. The highest BCUT2D eigenvalue weighted by Gasteiger charge is 2.31. The van der Waals surface area contributed by atoms with Crippen LogP contribution >= 0.6 is 0 Å². The van der Waals surface area contributed by atoms with Crippen molar-refractivity contribution in [3.8, 4) is 5.75 Å². The SMILES string of the molecule is CCC(=O)c1c[nH]c2c(C)cc(OC(F)(F)F)cc12. The molecule has 6 heteroatoms. The minimum atomic E-state index is -4.74. The van der Waals surface area contributed by atoms with E-state index in [0.29, 0.717) is 22.0 Å². The molecule has 1 aromatic carbocycles. The zero-order valence-electron chi connectivity index (χ0n) is 10.4. The van der Waals surface area contributed by atoms with E-state index < -0.39 is 6.36 Å². The van der Waals surface area contributed by atoms with Crippen LogP contribution in [0.2, 0.25) is 0 Å². The summed E-state index contributed by atoms with van der Waals surface area (Å²) in [6.45, 7) is 3.35. The van der Waals surface area contributed by atoms with E-state index in [1.807, 2.05) is 0 Å². The number of hydrogen-bond donors (Lipinski definition) is 1. The number of hydrogen-bond acceptors (Lipinski definition) is 2. The third-order valence-corrected chi connectivity index (χ3v) is 2.82. The Kier molecular flexibility index (Phi) is 3.26. The van der Waals surface area contributed by atoms with Gasteiger partial charge in [0.25, 0.3) is 0 Å². The molecule has 2 rings (SSSR count). The van der Waals surface area contributed by atoms with Gasteiger partial charge in [-0.2, -0.15) is 0 Å². The highest BCUT2D eigenvalue weighted by molar-refractivity contribution is 6.08. The van der Waals surface area contributed by atoms with Gasteiger partial charge in [0.15, 0.2) is 5.78 Å². The van der Waals surface area contributed by atoms with Gasteiger partial charge in [0, 0.05) is 29.1 Å². The molecule has 0 aliphatic heterocycles. The lowest BCUT2D eigenvalue weighted by Gasteiger charge is -2.10. The summed E-state index contributed by atoms with van der Waals surface area (Å²) in [5, 5.41) is 0.450. The summed E-state index contributed by atoms with van der Waals surface area (Å²) >= 11 is 0. The van der Waals surface area contributed by atoms with Crippen molar-refractivity contribution in [2.45, 2.75) is 26.6 Å². The highest BCUT2D eigenvalue weighted by atomic mass is 19.4. The molecule has 0 bridgehead atoms. The molecular weight excluding hydrogens is 259 g/mol. The van der Waals surface area contributed by atoms with E-state index in [2.05, 4.69) is 9.72 Å². The zero-order valence-corrected chi connectivity index (χ0v) is 10.4. The van der Waals surface area contributed by atoms with Crippen LogP contribution in [0.25, 0.3) is 10.9 Å². The fraction of sp³-hybridized carbons (Fsp3) is 0.308. The summed E-state index contributed by atoms with van der Waals surface area (Å²) in [5.74, 6) is -0.447. The maximum Gasteiger partial charge on any atom is 0.573 e. The van der Waals surface area contributed by atoms with Gasteiger partial charge in [-0.1, -0.05) is 6.92 Å². The number of aromatic nitrogens is 1. The van der Waals surface area contributed by atoms with Crippen LogP contribution in [0.15, 0.2) is 18.3 Å². The van der Waals surface area contributed by atoms with Crippen LogP contribution in [0.4, 0.5) is 13.2 Å². The van der Waals surface area contributed by atoms with Gasteiger partial charge in [-0.3, -0.25) is 4.79 Å². The molecule has 0 aliphatic rings. The summed E-state index contributed by atoms with van der Waals surface area (Å²) in [4.78, 5) is 14.6. The summed E-state index contributed by atoms with van der Waals surface area (Å²) in [6.07, 6.45) is -2.94. The second-order valence-corrected chi connectivity index (χ2v) is 4.19. The number of ketones is 1. The van der Waals surface area contributed by atoms with Crippen molar-refractivity contribution in [1.29, 1.82) is 0 Å². The Labute approximate surface area is 107 Å². The number of aryl methyl sites for hydroxylation is 1. The second kappa shape index (κ2) is 4.60. The van der Waals surface area contributed by atoms with Gasteiger partial charge in [-0.15, -0.1) is 13.2 Å². The lowest BCUT2D eigenvalue weighted by atomic mass is 10.1. The maximum atomic E-state index is 12.2. The number of benzene rings is 1. The fourth-order valence-electron chi connectivity index (χ4n) is 1.99. The average Bonchev–Trinajstić information content (AvgIpc) is 2.70. The van der Waals surface area contributed by atoms with Crippen LogP contribution in [-0.4, -0.2) is 17.1 Å². The number of rotatable bonds is 3. The van der Waals surface area contributed by atoms with E-state index in [0.717, 1.165) is 0 Å². The third-order valence-electron chi connectivity index (χ3n) is 2.82. The summed E-state index contributed by atoms with van der Waals surface area (Å²) < 4.78 is 40.6. The Bertz CT molecular complexity index is 629. The molecule has 0 aliphatic carbocycles. The summed E-state index contributed by atoms with van der Waals surface area (Å²) in [5.41, 5.74) is 1.62. The first-order valence-corrected chi connectivity index (χ1v) is 5.72. The number of carbonyl (C=O) groups is 1. The first-order valence-electron chi connectivity index (χ1n) is 5.72. The Morgan fingerprint density at radius 2 is 2.05 bits per heavy atom. The Morgan fingerprint density at radius 1 is 1.37 bits per heavy atom. The van der Waals surface area contributed by atoms with Crippen LogP contribution in [0, 0.1) is 6.92 Å². The molecule has 0 amide bonds. The fourth-order valence-corrected chi connectivity index (χ4v) is 1.99. The number of alkyl halides is 3. The highest BCUT2D eigenvalue weighted by Crippen LogP contribution is 2.31. The molecule has 102 valence electrons. The van der Waals surface area contributed by atoms with Gasteiger partial charge < -0.3 is 9.72 Å². The molecule has 0 fully saturated rings. The van der Waals surface area contributed by atoms with Gasteiger partial charge in [0.05, 0.1) is 0 Å². The molecule has 1 aromatic heterocycles. The molecule has 0 atom stereocenters. The van der Waals surface area contributed by atoms with Crippen molar-refractivity contribution < 1.29 is 22.7 Å². The van der Waals surface area contributed by atoms with Crippen LogP contribution < -0.4 is 4.74 Å². The van der Waals surface area contributed by atoms with Crippen molar-refractivity contribution in [1.82, 2.24) is 4.98 Å². The number of nitrogens with one attached hydrogen (secondary N) is 1. The molecule has 0 saturated carbocycles. The van der Waals surface area contributed by atoms with E-state index in [-0.39, 0.29) is 18.0 Å². The second-order valence-electron chi connectivity index (χ2n) is 4.19. The first-order chi connectivity index (χ1) is 8.81. The summed E-state index contributed by atoms with van der Waals surface area (Å²) in [7, 11) is 0. The number of Topliss-reactive ketones (excluding diaryl/α,β-unsaturated/α-hetero) is 1. The van der Waals surface area contributed by atoms with Crippen molar-refractivity contribution in [2.75, 3.05) is 0 Å². The average molecular weight is 271 g/mol. The summed E-state index contributed by atoms with van der Waals surface area (Å²) in [6, 6.07) is 2.52. The van der Waals surface area contributed by atoms with E-state index in [4.69, 9.17) is 0 Å². The van der Waals surface area contributed by atoms with Gasteiger partial charge in [-0.25, -0.2) is 0 Å². The molecule has 0 saturated heterocycles. The number of fused-ring (bicyclic) bond motifs is 1. The smallest absolute Gasteiger partial charge is 0.406 e. The lowest BCUT2D eigenvalue weighted by molar-refractivity contribution is -0.274. The molecule has 19 heavy (non-hydrogen) atoms. The molecule has 0 radical (unpaired) electrons. The number of carbonyl (C=O) groups excluding carboxylic acids is 1. The van der Waals surface area contributed by atoms with Crippen molar-refractivity contribution >= 4 is 16.7 Å². The van der Waals surface area contributed by atoms with Crippen molar-refractivity contribution in [3.63, 3.8) is 0 Å². The molecule has 1 heterocycles. The molecule has 2 aromatic rings. The predicted octanol–water partition coefficient (Wildman–Crippen LogP) is 3.97. The van der Waals surface area contributed by atoms with Gasteiger partial charge in [-0.05, 0) is 24.6 Å². The first kappa shape index (κ1) is 13.5. The number of ether oxygens (including phenoxy) is 1. The Morgan fingerprint density at radius 3 is 2.63 bits per heavy atom. The van der Waals surface area contributed by atoms with Gasteiger partial charge >= 0.3 is 6.36 Å². The van der Waals surface area contributed by atoms with Crippen LogP contribution in [0.1, 0.15) is 29.3 Å². The largest absolute Gasteiger partial charge is 0.573 e. The quantitative estimate of drug-likeness (QED) is 0.858. The van der Waals surface area contributed by atoms with Gasteiger partial charge in [0.1, 0.15) is 5.75 Å². The van der Waals surface area contributed by atoms with E-state index >= 15 is 0 Å². The number of halogens is 3. The monoisotopic (exact) mass is 271 g/mol. The van der Waals surface area contributed by atoms with E-state index in [1.165, 1.54) is 18.3 Å². The number of aromatic amines is 1. The molecular formula is C13H12F3NO2.